The number of carbonyl (C=O) groups is 3. The molecule has 0 bridgehead atoms. The van der Waals surface area contributed by atoms with E-state index < -0.39 is 29.4 Å². The fourth-order valence-corrected chi connectivity index (χ4v) is 3.92. The molecule has 2 heterocycles. The Labute approximate surface area is 224 Å². The topological polar surface area (TPSA) is 120 Å². The number of methoxy groups -OCH3 is 1. The Kier molecular flexibility index (Phi) is 7.94. The molecule has 10 heteroatoms. The first-order chi connectivity index (χ1) is 18.6. The second-order valence-electron chi connectivity index (χ2n) is 9.70. The molecule has 0 saturated heterocycles. The Hall–Kier alpha value is -4.73. The van der Waals surface area contributed by atoms with Crippen LogP contribution in [0.1, 0.15) is 42.4 Å². The molecule has 0 spiro atoms. The van der Waals surface area contributed by atoms with Crippen molar-refractivity contribution in [2.75, 3.05) is 12.4 Å². The summed E-state index contributed by atoms with van der Waals surface area (Å²) in [4.78, 5) is 41.4. The number of hydrogen-bond donors (Lipinski definition) is 2. The van der Waals surface area contributed by atoms with Gasteiger partial charge < -0.3 is 24.5 Å². The van der Waals surface area contributed by atoms with E-state index in [1.807, 2.05) is 0 Å². The van der Waals surface area contributed by atoms with Gasteiger partial charge in [-0.1, -0.05) is 18.2 Å². The number of nitrogens with zero attached hydrogens (tertiary/aromatic N) is 1. The zero-order valence-electron chi connectivity index (χ0n) is 22.0. The third-order valence-electron chi connectivity index (χ3n) is 5.68. The number of halogens is 1. The number of esters is 1. The van der Waals surface area contributed by atoms with Crippen LogP contribution in [0.25, 0.3) is 22.1 Å². The van der Waals surface area contributed by atoms with E-state index in [1.54, 1.807) is 63.4 Å². The molecule has 0 radical (unpaired) electrons. The second kappa shape index (κ2) is 11.3. The first kappa shape index (κ1) is 27.3. The molecule has 0 atom stereocenters. The van der Waals surface area contributed by atoms with E-state index in [0.717, 1.165) is 0 Å². The van der Waals surface area contributed by atoms with Crippen LogP contribution in [0, 0.1) is 5.82 Å². The first-order valence-electron chi connectivity index (χ1n) is 12.1. The van der Waals surface area contributed by atoms with E-state index in [-0.39, 0.29) is 29.5 Å². The summed E-state index contributed by atoms with van der Waals surface area (Å²) < 4.78 is 31.0. The van der Waals surface area contributed by atoms with E-state index in [0.29, 0.717) is 28.1 Å². The number of hydrogen-bond acceptors (Lipinski definition) is 7. The Morgan fingerprint density at radius 3 is 2.59 bits per heavy atom. The number of benzene rings is 2. The van der Waals surface area contributed by atoms with E-state index in [2.05, 4.69) is 15.6 Å². The van der Waals surface area contributed by atoms with Gasteiger partial charge in [0.25, 0.3) is 5.91 Å². The highest BCUT2D eigenvalue weighted by molar-refractivity contribution is 6.09. The molecule has 4 aromatic rings. The highest BCUT2D eigenvalue weighted by Gasteiger charge is 2.22. The lowest BCUT2D eigenvalue weighted by Gasteiger charge is -2.19. The van der Waals surface area contributed by atoms with Gasteiger partial charge in [0.1, 0.15) is 17.0 Å². The largest absolute Gasteiger partial charge is 0.469 e. The number of aromatic nitrogens is 1. The molecule has 2 aromatic heterocycles. The number of alkyl carbamates (subject to hydrolysis) is 1. The summed E-state index contributed by atoms with van der Waals surface area (Å²) in [6, 6.07) is 13.0. The summed E-state index contributed by atoms with van der Waals surface area (Å²) in [5.41, 5.74) is 1.88. The lowest BCUT2D eigenvalue weighted by Crippen LogP contribution is -2.32. The third kappa shape index (κ3) is 6.59. The SMILES string of the molecule is COC(=O)Cc1ccccc1NC(=O)c1cc(-c2ccnc(CNC(=O)OC(C)(C)C)c2)c2occc2c1F. The average molecular weight is 534 g/mol. The average Bonchev–Trinajstić information content (AvgIpc) is 3.38. The first-order valence-corrected chi connectivity index (χ1v) is 12.1. The number of carbonyl (C=O) groups excluding carboxylic acids is 3. The molecular weight excluding hydrogens is 505 g/mol. The van der Waals surface area contributed by atoms with Crippen molar-refractivity contribution in [2.45, 2.75) is 39.3 Å². The smallest absolute Gasteiger partial charge is 0.407 e. The normalized spacial score (nSPS) is 11.2. The minimum Gasteiger partial charge on any atom is -0.469 e. The molecule has 2 amide bonds. The predicted molar refractivity (Wildman–Crippen MR) is 143 cm³/mol. The van der Waals surface area contributed by atoms with Crippen molar-refractivity contribution in [1.29, 1.82) is 0 Å². The molecule has 0 aliphatic carbocycles. The molecular formula is C29H28FN3O6. The summed E-state index contributed by atoms with van der Waals surface area (Å²) in [6.45, 7) is 5.38. The van der Waals surface area contributed by atoms with Crippen LogP contribution >= 0.6 is 0 Å². The van der Waals surface area contributed by atoms with Crippen LogP contribution in [0.3, 0.4) is 0 Å². The second-order valence-corrected chi connectivity index (χ2v) is 9.70. The van der Waals surface area contributed by atoms with Crippen LogP contribution in [-0.4, -0.2) is 35.7 Å². The maximum Gasteiger partial charge on any atom is 0.407 e. The maximum absolute atomic E-state index is 15.5. The monoisotopic (exact) mass is 533 g/mol. The van der Waals surface area contributed by atoms with Gasteiger partial charge in [0.05, 0.1) is 43.0 Å². The number of ether oxygens (including phenoxy) is 2. The van der Waals surface area contributed by atoms with Gasteiger partial charge in [-0.2, -0.15) is 0 Å². The molecule has 0 saturated carbocycles. The molecule has 39 heavy (non-hydrogen) atoms. The van der Waals surface area contributed by atoms with E-state index in [1.165, 1.54) is 25.5 Å². The fourth-order valence-electron chi connectivity index (χ4n) is 3.92. The number of anilines is 1. The van der Waals surface area contributed by atoms with Crippen LogP contribution in [0.2, 0.25) is 0 Å². The minimum atomic E-state index is -0.744. The van der Waals surface area contributed by atoms with E-state index in [4.69, 9.17) is 13.9 Å². The van der Waals surface area contributed by atoms with Crippen LogP contribution in [0.5, 0.6) is 0 Å². The summed E-state index contributed by atoms with van der Waals surface area (Å²) in [5, 5.41) is 5.49. The van der Waals surface area contributed by atoms with E-state index >= 15 is 4.39 Å². The molecule has 0 fully saturated rings. The van der Waals surface area contributed by atoms with Crippen LogP contribution < -0.4 is 10.6 Å². The van der Waals surface area contributed by atoms with Crippen molar-refractivity contribution >= 4 is 34.6 Å². The van der Waals surface area contributed by atoms with Gasteiger partial charge in [-0.3, -0.25) is 14.6 Å². The molecule has 0 unspecified atom stereocenters. The summed E-state index contributed by atoms with van der Waals surface area (Å²) >= 11 is 0. The number of amides is 2. The Morgan fingerprint density at radius 1 is 1.08 bits per heavy atom. The Bertz CT molecular complexity index is 1540. The summed E-state index contributed by atoms with van der Waals surface area (Å²) in [5.74, 6) is -1.92. The molecule has 202 valence electrons. The molecule has 9 nitrogen and oxygen atoms in total. The van der Waals surface area contributed by atoms with Crippen molar-refractivity contribution in [3.05, 3.63) is 83.6 Å². The molecule has 0 aliphatic rings. The van der Waals surface area contributed by atoms with Crippen molar-refractivity contribution < 1.29 is 32.7 Å². The number of para-hydroxylation sites is 1. The molecule has 2 N–H and O–H groups in total. The van der Waals surface area contributed by atoms with Gasteiger partial charge in [-0.15, -0.1) is 0 Å². The predicted octanol–water partition coefficient (Wildman–Crippen LogP) is 5.63. The highest BCUT2D eigenvalue weighted by atomic mass is 19.1. The van der Waals surface area contributed by atoms with Crippen LogP contribution in [-0.2, 0) is 27.2 Å². The van der Waals surface area contributed by atoms with Gasteiger partial charge in [0, 0.05) is 17.4 Å². The van der Waals surface area contributed by atoms with Gasteiger partial charge in [-0.05, 0) is 62.2 Å². The third-order valence-corrected chi connectivity index (χ3v) is 5.68. The van der Waals surface area contributed by atoms with Crippen molar-refractivity contribution in [1.82, 2.24) is 10.3 Å². The zero-order chi connectivity index (χ0) is 28.2. The number of furan rings is 1. The lowest BCUT2D eigenvalue weighted by atomic mass is 9.99. The highest BCUT2D eigenvalue weighted by Crippen LogP contribution is 2.34. The fraction of sp³-hybridized carbons (Fsp3) is 0.241. The molecule has 2 aromatic carbocycles. The van der Waals surface area contributed by atoms with Gasteiger partial charge >= 0.3 is 12.1 Å². The van der Waals surface area contributed by atoms with Gasteiger partial charge in [0.15, 0.2) is 0 Å². The number of fused-ring (bicyclic) bond motifs is 1. The number of nitrogens with one attached hydrogen (secondary N) is 2. The van der Waals surface area contributed by atoms with Gasteiger partial charge in [0.2, 0.25) is 0 Å². The number of pyridine rings is 1. The Balaban J connectivity index is 1.65. The van der Waals surface area contributed by atoms with Crippen LogP contribution in [0.15, 0.2) is 65.4 Å². The molecule has 0 aliphatic heterocycles. The lowest BCUT2D eigenvalue weighted by molar-refractivity contribution is -0.139. The van der Waals surface area contributed by atoms with Crippen LogP contribution in [0.4, 0.5) is 14.9 Å². The molecule has 4 rings (SSSR count). The minimum absolute atomic E-state index is 0.0570. The maximum atomic E-state index is 15.5. The summed E-state index contributed by atoms with van der Waals surface area (Å²) in [6.07, 6.45) is 2.24. The van der Waals surface area contributed by atoms with Gasteiger partial charge in [-0.25, -0.2) is 9.18 Å². The standard InChI is InChI=1S/C29H28FN3O6/c1-29(2,3)39-28(36)32-16-19-13-17(9-11-31-19)21-15-22(25(30)20-10-12-38-26(20)21)27(35)33-23-8-6-5-7-18(23)14-24(34)37-4/h5-13,15H,14,16H2,1-4H3,(H,32,36)(H,33,35). The van der Waals surface area contributed by atoms with Crippen molar-refractivity contribution in [2.24, 2.45) is 0 Å². The zero-order valence-corrected chi connectivity index (χ0v) is 22.0. The summed E-state index contributed by atoms with van der Waals surface area (Å²) in [7, 11) is 1.28. The van der Waals surface area contributed by atoms with E-state index in [9.17, 15) is 14.4 Å². The number of rotatable bonds is 7. The quantitative estimate of drug-likeness (QED) is 0.296. The Morgan fingerprint density at radius 2 is 1.85 bits per heavy atom. The van der Waals surface area contributed by atoms with Crippen molar-refractivity contribution in [3.8, 4) is 11.1 Å². The van der Waals surface area contributed by atoms with Crippen molar-refractivity contribution in [3.63, 3.8) is 0 Å².